The van der Waals surface area contributed by atoms with Gasteiger partial charge in [-0.15, -0.1) is 0 Å². The molecule has 1 fully saturated rings. The Morgan fingerprint density at radius 2 is 1.93 bits per heavy atom. The number of nitrogens with zero attached hydrogens (tertiary/aromatic N) is 1. The number of benzene rings is 2. The Balaban J connectivity index is 1.48. The number of likely N-dealkylation sites (tertiary alicyclic amines) is 1. The van der Waals surface area contributed by atoms with E-state index in [2.05, 4.69) is 23.1 Å². The number of aryl methyl sites for hydroxylation is 2. The second-order valence-corrected chi connectivity index (χ2v) is 7.97. The lowest BCUT2D eigenvalue weighted by Gasteiger charge is -2.40. The molecule has 2 atom stereocenters. The minimum atomic E-state index is -0.942. The molecule has 0 aromatic heterocycles. The molecule has 1 heterocycles. The van der Waals surface area contributed by atoms with E-state index in [1.54, 1.807) is 7.11 Å². The van der Waals surface area contributed by atoms with E-state index in [0.717, 1.165) is 42.7 Å². The molecule has 0 amide bonds. The summed E-state index contributed by atoms with van der Waals surface area (Å²) in [5, 5.41) is 22.1. The lowest BCUT2D eigenvalue weighted by Crippen LogP contribution is -2.47. The molecule has 0 unspecified atom stereocenters. The van der Waals surface area contributed by atoms with Gasteiger partial charge in [-0.3, -0.25) is 4.90 Å². The van der Waals surface area contributed by atoms with Crippen LogP contribution in [0.2, 0.25) is 0 Å². The van der Waals surface area contributed by atoms with Gasteiger partial charge in [-0.2, -0.15) is 0 Å². The molecule has 4 heteroatoms. The van der Waals surface area contributed by atoms with Gasteiger partial charge in [-0.05, 0) is 61.4 Å². The molecule has 27 heavy (non-hydrogen) atoms. The third kappa shape index (κ3) is 3.75. The summed E-state index contributed by atoms with van der Waals surface area (Å²) in [6.45, 7) is 1.94. The highest BCUT2D eigenvalue weighted by atomic mass is 16.5. The molecule has 0 radical (unpaired) electrons. The minimum Gasteiger partial charge on any atom is -0.496 e. The van der Waals surface area contributed by atoms with Crippen molar-refractivity contribution in [1.29, 1.82) is 0 Å². The largest absolute Gasteiger partial charge is 0.496 e. The van der Waals surface area contributed by atoms with Crippen LogP contribution in [0.1, 0.15) is 47.6 Å². The monoisotopic (exact) mass is 367 g/mol. The van der Waals surface area contributed by atoms with Crippen molar-refractivity contribution in [3.63, 3.8) is 0 Å². The van der Waals surface area contributed by atoms with Crippen LogP contribution in [-0.4, -0.2) is 41.9 Å². The summed E-state index contributed by atoms with van der Waals surface area (Å²) in [4.78, 5) is 2.17. The highest BCUT2D eigenvalue weighted by Crippen LogP contribution is 2.37. The summed E-state index contributed by atoms with van der Waals surface area (Å²) >= 11 is 0. The Kier molecular flexibility index (Phi) is 5.22. The zero-order valence-electron chi connectivity index (χ0n) is 16.0. The summed E-state index contributed by atoms with van der Waals surface area (Å²) < 4.78 is 5.46. The maximum Gasteiger partial charge on any atom is 0.124 e. The Bertz CT molecular complexity index is 806. The van der Waals surface area contributed by atoms with Crippen LogP contribution >= 0.6 is 0 Å². The number of piperidine rings is 1. The van der Waals surface area contributed by atoms with Crippen LogP contribution in [0.4, 0.5) is 0 Å². The lowest BCUT2D eigenvalue weighted by atomic mass is 9.85. The fraction of sp³-hybridized carbons (Fsp3) is 0.478. The number of β-amino-alcohol motifs (C(OH)–C–C–N with tert-alkyl or cyclic N) is 2. The van der Waals surface area contributed by atoms with Gasteiger partial charge in [0.05, 0.1) is 13.2 Å². The number of rotatable bonds is 5. The van der Waals surface area contributed by atoms with E-state index in [-0.39, 0.29) is 0 Å². The summed E-state index contributed by atoms with van der Waals surface area (Å²) in [6.07, 6.45) is 4.56. The first-order chi connectivity index (χ1) is 13.1. The van der Waals surface area contributed by atoms with E-state index in [1.807, 2.05) is 24.3 Å². The van der Waals surface area contributed by atoms with Gasteiger partial charge in [0.2, 0.25) is 0 Å². The molecular formula is C23H29NO3. The Labute approximate surface area is 161 Å². The van der Waals surface area contributed by atoms with Gasteiger partial charge >= 0.3 is 0 Å². The van der Waals surface area contributed by atoms with Gasteiger partial charge in [0.25, 0.3) is 0 Å². The molecule has 0 spiro atoms. The molecule has 4 nitrogen and oxygen atoms in total. The Morgan fingerprint density at radius 1 is 1.11 bits per heavy atom. The molecular weight excluding hydrogens is 338 g/mol. The highest BCUT2D eigenvalue weighted by Gasteiger charge is 2.37. The zero-order chi connectivity index (χ0) is 18.9. The van der Waals surface area contributed by atoms with Crippen molar-refractivity contribution in [2.75, 3.05) is 26.7 Å². The van der Waals surface area contributed by atoms with Crippen LogP contribution in [0.25, 0.3) is 0 Å². The van der Waals surface area contributed by atoms with Crippen molar-refractivity contribution in [2.45, 2.75) is 43.8 Å². The Hall–Kier alpha value is -1.88. The molecule has 1 aliphatic heterocycles. The standard InChI is InChI=1S/C23H29NO3/c1-27-22-9-3-2-8-20(22)23(26)12-5-13-24(16-23)15-21(25)19-11-10-17-6-4-7-18(17)14-19/h2-3,8-11,14,21,25-26H,4-7,12-13,15-16H2,1H3/t21-,23-/m0/s1. The SMILES string of the molecule is COc1ccccc1[C@]1(O)CCCN(C[C@H](O)c2ccc3c(c2)CCC3)C1. The zero-order valence-corrected chi connectivity index (χ0v) is 16.0. The second-order valence-electron chi connectivity index (χ2n) is 7.97. The first-order valence-corrected chi connectivity index (χ1v) is 9.97. The molecule has 144 valence electrons. The number of aliphatic hydroxyl groups is 2. The quantitative estimate of drug-likeness (QED) is 0.852. The van der Waals surface area contributed by atoms with E-state index in [0.29, 0.717) is 19.5 Å². The van der Waals surface area contributed by atoms with Crippen molar-refractivity contribution in [3.05, 3.63) is 64.7 Å². The van der Waals surface area contributed by atoms with E-state index < -0.39 is 11.7 Å². The van der Waals surface area contributed by atoms with Crippen molar-refractivity contribution >= 4 is 0 Å². The van der Waals surface area contributed by atoms with Crippen molar-refractivity contribution in [1.82, 2.24) is 4.90 Å². The molecule has 4 rings (SSSR count). The number of hydrogen-bond donors (Lipinski definition) is 2. The lowest BCUT2D eigenvalue weighted by molar-refractivity contribution is -0.0474. The Morgan fingerprint density at radius 3 is 2.78 bits per heavy atom. The third-order valence-electron chi connectivity index (χ3n) is 6.10. The number of methoxy groups -OCH3 is 1. The molecule has 2 aromatic carbocycles. The number of aliphatic hydroxyl groups excluding tert-OH is 1. The van der Waals surface area contributed by atoms with Crippen molar-refractivity contribution in [3.8, 4) is 5.75 Å². The van der Waals surface area contributed by atoms with Crippen LogP contribution in [0.15, 0.2) is 42.5 Å². The normalized spacial score (nSPS) is 23.8. The maximum absolute atomic E-state index is 11.3. The van der Waals surface area contributed by atoms with Crippen molar-refractivity contribution < 1.29 is 14.9 Å². The first-order valence-electron chi connectivity index (χ1n) is 9.97. The van der Waals surface area contributed by atoms with Gasteiger partial charge in [-0.1, -0.05) is 36.4 Å². The maximum atomic E-state index is 11.3. The van der Waals surface area contributed by atoms with E-state index in [9.17, 15) is 10.2 Å². The number of fused-ring (bicyclic) bond motifs is 1. The number of para-hydroxylation sites is 1. The van der Waals surface area contributed by atoms with Gasteiger partial charge in [0.15, 0.2) is 0 Å². The summed E-state index contributed by atoms with van der Waals surface area (Å²) in [5.74, 6) is 0.723. The van der Waals surface area contributed by atoms with Crippen LogP contribution < -0.4 is 4.74 Å². The average Bonchev–Trinajstić information content (AvgIpc) is 3.16. The first kappa shape index (κ1) is 18.5. The summed E-state index contributed by atoms with van der Waals surface area (Å²) in [6, 6.07) is 14.1. The molecule has 2 N–H and O–H groups in total. The van der Waals surface area contributed by atoms with Gasteiger partial charge in [-0.25, -0.2) is 0 Å². The fourth-order valence-electron chi connectivity index (χ4n) is 4.68. The molecule has 2 aliphatic rings. The second kappa shape index (κ2) is 7.63. The third-order valence-corrected chi connectivity index (χ3v) is 6.10. The molecule has 0 bridgehead atoms. The fourth-order valence-corrected chi connectivity index (χ4v) is 4.68. The topological polar surface area (TPSA) is 52.9 Å². The van der Waals surface area contributed by atoms with Crippen molar-refractivity contribution in [2.24, 2.45) is 0 Å². The van der Waals surface area contributed by atoms with Crippen LogP contribution in [0.5, 0.6) is 5.75 Å². The summed E-state index contributed by atoms with van der Waals surface area (Å²) in [5.41, 5.74) is 3.69. The number of hydrogen-bond acceptors (Lipinski definition) is 4. The van der Waals surface area contributed by atoms with E-state index in [4.69, 9.17) is 4.74 Å². The van der Waals surface area contributed by atoms with E-state index in [1.165, 1.54) is 17.5 Å². The van der Waals surface area contributed by atoms with Gasteiger partial charge in [0, 0.05) is 18.7 Å². The van der Waals surface area contributed by atoms with Crippen LogP contribution in [-0.2, 0) is 18.4 Å². The van der Waals surface area contributed by atoms with Crippen LogP contribution in [0.3, 0.4) is 0 Å². The minimum absolute atomic E-state index is 0.509. The van der Waals surface area contributed by atoms with Crippen LogP contribution in [0, 0.1) is 0 Å². The van der Waals surface area contributed by atoms with Gasteiger partial charge in [0.1, 0.15) is 11.4 Å². The predicted molar refractivity (Wildman–Crippen MR) is 106 cm³/mol. The number of ether oxygens (including phenoxy) is 1. The molecule has 0 saturated carbocycles. The van der Waals surface area contributed by atoms with Gasteiger partial charge < -0.3 is 14.9 Å². The van der Waals surface area contributed by atoms with E-state index >= 15 is 0 Å². The highest BCUT2D eigenvalue weighted by molar-refractivity contribution is 5.39. The molecule has 2 aromatic rings. The average molecular weight is 367 g/mol. The predicted octanol–water partition coefficient (Wildman–Crippen LogP) is 3.20. The summed E-state index contributed by atoms with van der Waals surface area (Å²) in [7, 11) is 1.64. The molecule has 1 saturated heterocycles. The molecule has 1 aliphatic carbocycles. The smallest absolute Gasteiger partial charge is 0.124 e.